The molecule has 0 aliphatic carbocycles. The monoisotopic (exact) mass is 363 g/mol. The van der Waals surface area contributed by atoms with E-state index in [0.29, 0.717) is 10.2 Å². The van der Waals surface area contributed by atoms with Crippen LogP contribution in [-0.2, 0) is 17.8 Å². The molecule has 1 amide bonds. The predicted molar refractivity (Wildman–Crippen MR) is 106 cm³/mol. The van der Waals surface area contributed by atoms with Crippen molar-refractivity contribution in [2.75, 3.05) is 5.32 Å². The molecule has 0 unspecified atom stereocenters. The lowest BCUT2D eigenvalue weighted by Gasteiger charge is -2.08. The maximum atomic E-state index is 12.7. The number of amides is 1. The van der Waals surface area contributed by atoms with Crippen LogP contribution in [0.5, 0.6) is 0 Å². The molecule has 0 radical (unpaired) electrons. The van der Waals surface area contributed by atoms with Gasteiger partial charge in [0.15, 0.2) is 0 Å². The molecule has 0 bridgehead atoms. The summed E-state index contributed by atoms with van der Waals surface area (Å²) in [6.07, 6.45) is 2.35. The number of aromatic nitrogens is 2. The summed E-state index contributed by atoms with van der Waals surface area (Å²) >= 11 is 1.41. The Bertz CT molecular complexity index is 1180. The molecule has 2 aromatic carbocycles. The van der Waals surface area contributed by atoms with E-state index < -0.39 is 0 Å². The second kappa shape index (κ2) is 6.72. The highest BCUT2D eigenvalue weighted by atomic mass is 32.1. The number of anilines is 1. The van der Waals surface area contributed by atoms with E-state index in [1.807, 2.05) is 48.5 Å². The van der Waals surface area contributed by atoms with Crippen molar-refractivity contribution >= 4 is 43.2 Å². The molecule has 2 aromatic heterocycles. The van der Waals surface area contributed by atoms with Crippen molar-refractivity contribution in [3.05, 3.63) is 70.8 Å². The van der Waals surface area contributed by atoms with Crippen LogP contribution in [0.1, 0.15) is 12.5 Å². The Morgan fingerprint density at radius 2 is 2.04 bits per heavy atom. The zero-order valence-electron chi connectivity index (χ0n) is 14.2. The molecular weight excluding hydrogens is 346 g/mol. The lowest BCUT2D eigenvalue weighted by atomic mass is 10.1. The first-order chi connectivity index (χ1) is 12.7. The zero-order valence-corrected chi connectivity index (χ0v) is 15.0. The molecule has 0 spiro atoms. The molecule has 0 aliphatic heterocycles. The molecular formula is C20H17N3O2S. The van der Waals surface area contributed by atoms with E-state index in [1.165, 1.54) is 22.2 Å². The van der Waals surface area contributed by atoms with Gasteiger partial charge < -0.3 is 5.32 Å². The number of carbonyl (C=O) groups excluding carboxylic acids is 1. The molecule has 2 heterocycles. The van der Waals surface area contributed by atoms with E-state index in [9.17, 15) is 9.59 Å². The third-order valence-corrected chi connectivity index (χ3v) is 5.43. The summed E-state index contributed by atoms with van der Waals surface area (Å²) in [6.45, 7) is 2.00. The van der Waals surface area contributed by atoms with Gasteiger partial charge in [0.05, 0.1) is 11.8 Å². The number of benzene rings is 2. The Kier molecular flexibility index (Phi) is 4.26. The molecule has 0 saturated carbocycles. The SMILES string of the molecule is CCc1cccc(NC(=O)Cn2cnc3c(sc4ccccc43)c2=O)c1. The van der Waals surface area contributed by atoms with Crippen LogP contribution < -0.4 is 10.9 Å². The van der Waals surface area contributed by atoms with E-state index in [2.05, 4.69) is 17.2 Å². The van der Waals surface area contributed by atoms with Crippen LogP contribution in [0.15, 0.2) is 59.7 Å². The minimum absolute atomic E-state index is 0.0631. The minimum atomic E-state index is -0.248. The maximum Gasteiger partial charge on any atom is 0.271 e. The van der Waals surface area contributed by atoms with Crippen LogP contribution in [0, 0.1) is 0 Å². The smallest absolute Gasteiger partial charge is 0.271 e. The number of hydrogen-bond acceptors (Lipinski definition) is 4. The van der Waals surface area contributed by atoms with E-state index >= 15 is 0 Å². The highest BCUT2D eigenvalue weighted by Gasteiger charge is 2.13. The quantitative estimate of drug-likeness (QED) is 0.600. The van der Waals surface area contributed by atoms with Crippen LogP contribution in [0.3, 0.4) is 0 Å². The Labute approximate surface area is 153 Å². The van der Waals surface area contributed by atoms with Gasteiger partial charge in [-0.05, 0) is 30.2 Å². The second-order valence-corrected chi connectivity index (χ2v) is 7.11. The topological polar surface area (TPSA) is 64.0 Å². The van der Waals surface area contributed by atoms with Crippen molar-refractivity contribution in [2.45, 2.75) is 19.9 Å². The molecule has 0 fully saturated rings. The number of rotatable bonds is 4. The number of carbonyl (C=O) groups is 1. The molecule has 4 aromatic rings. The van der Waals surface area contributed by atoms with E-state index in [0.717, 1.165) is 27.8 Å². The van der Waals surface area contributed by atoms with Gasteiger partial charge in [-0.3, -0.25) is 14.2 Å². The molecule has 0 saturated heterocycles. The van der Waals surface area contributed by atoms with Crippen LogP contribution >= 0.6 is 11.3 Å². The molecule has 5 nitrogen and oxygen atoms in total. The van der Waals surface area contributed by atoms with Crippen molar-refractivity contribution in [1.29, 1.82) is 0 Å². The van der Waals surface area contributed by atoms with Crippen molar-refractivity contribution in [1.82, 2.24) is 9.55 Å². The first kappa shape index (κ1) is 16.5. The van der Waals surface area contributed by atoms with Gasteiger partial charge in [0.25, 0.3) is 5.56 Å². The predicted octanol–water partition coefficient (Wildman–Crippen LogP) is 3.81. The van der Waals surface area contributed by atoms with Gasteiger partial charge in [-0.25, -0.2) is 4.98 Å². The van der Waals surface area contributed by atoms with Crippen molar-refractivity contribution in [3.8, 4) is 0 Å². The summed E-state index contributed by atoms with van der Waals surface area (Å²) in [5.74, 6) is -0.248. The van der Waals surface area contributed by atoms with Gasteiger partial charge in [0, 0.05) is 15.8 Å². The van der Waals surface area contributed by atoms with E-state index in [1.54, 1.807) is 0 Å². The number of aryl methyl sites for hydroxylation is 1. The van der Waals surface area contributed by atoms with Gasteiger partial charge in [0.1, 0.15) is 11.2 Å². The van der Waals surface area contributed by atoms with Gasteiger partial charge in [-0.2, -0.15) is 0 Å². The summed E-state index contributed by atoms with van der Waals surface area (Å²) < 4.78 is 2.96. The number of fused-ring (bicyclic) bond motifs is 3. The summed E-state index contributed by atoms with van der Waals surface area (Å²) in [5, 5.41) is 3.81. The average molecular weight is 363 g/mol. The first-order valence-electron chi connectivity index (χ1n) is 8.41. The fourth-order valence-electron chi connectivity index (χ4n) is 2.95. The fraction of sp³-hybridized carbons (Fsp3) is 0.150. The summed E-state index contributed by atoms with van der Waals surface area (Å²) in [7, 11) is 0. The average Bonchev–Trinajstić information content (AvgIpc) is 3.04. The molecule has 0 atom stereocenters. The summed E-state index contributed by atoms with van der Waals surface area (Å²) in [6, 6.07) is 15.5. The van der Waals surface area contributed by atoms with Crippen molar-refractivity contribution < 1.29 is 4.79 Å². The maximum absolute atomic E-state index is 12.7. The van der Waals surface area contributed by atoms with Gasteiger partial charge in [-0.1, -0.05) is 37.3 Å². The first-order valence-corrected chi connectivity index (χ1v) is 9.23. The summed E-state index contributed by atoms with van der Waals surface area (Å²) in [5.41, 5.74) is 2.39. The molecule has 4 rings (SSSR count). The van der Waals surface area contributed by atoms with Gasteiger partial charge >= 0.3 is 0 Å². The standard InChI is InChI=1S/C20H17N3O2S/c1-2-13-6-5-7-14(10-13)22-17(24)11-23-12-21-18-15-8-3-4-9-16(15)26-19(18)20(23)25/h3-10,12H,2,11H2,1H3,(H,22,24). The Hall–Kier alpha value is -2.99. The Morgan fingerprint density at radius 1 is 1.19 bits per heavy atom. The Morgan fingerprint density at radius 3 is 2.88 bits per heavy atom. The lowest BCUT2D eigenvalue weighted by molar-refractivity contribution is -0.116. The fourth-order valence-corrected chi connectivity index (χ4v) is 4.06. The second-order valence-electron chi connectivity index (χ2n) is 6.06. The highest BCUT2D eigenvalue weighted by Crippen LogP contribution is 2.29. The third kappa shape index (κ3) is 2.99. The largest absolute Gasteiger partial charge is 0.325 e. The normalized spacial score (nSPS) is 11.1. The van der Waals surface area contributed by atoms with Gasteiger partial charge in [0.2, 0.25) is 5.91 Å². The lowest BCUT2D eigenvalue weighted by Crippen LogP contribution is -2.27. The minimum Gasteiger partial charge on any atom is -0.325 e. The number of nitrogens with one attached hydrogen (secondary N) is 1. The molecule has 130 valence electrons. The van der Waals surface area contributed by atoms with Crippen molar-refractivity contribution in [3.63, 3.8) is 0 Å². The molecule has 26 heavy (non-hydrogen) atoms. The molecule has 6 heteroatoms. The van der Waals surface area contributed by atoms with Gasteiger partial charge in [-0.15, -0.1) is 11.3 Å². The molecule has 1 N–H and O–H groups in total. The number of nitrogens with zero attached hydrogens (tertiary/aromatic N) is 2. The number of hydrogen-bond donors (Lipinski definition) is 1. The Balaban J connectivity index is 1.62. The number of thiophene rings is 1. The van der Waals surface area contributed by atoms with Crippen molar-refractivity contribution in [2.24, 2.45) is 0 Å². The van der Waals surface area contributed by atoms with E-state index in [-0.39, 0.29) is 18.0 Å². The third-order valence-electron chi connectivity index (χ3n) is 4.28. The zero-order chi connectivity index (χ0) is 18.1. The van der Waals surface area contributed by atoms with Crippen LogP contribution in [-0.4, -0.2) is 15.5 Å². The van der Waals surface area contributed by atoms with Crippen LogP contribution in [0.4, 0.5) is 5.69 Å². The van der Waals surface area contributed by atoms with Crippen LogP contribution in [0.25, 0.3) is 20.3 Å². The summed E-state index contributed by atoms with van der Waals surface area (Å²) in [4.78, 5) is 29.5. The van der Waals surface area contributed by atoms with E-state index in [4.69, 9.17) is 0 Å². The molecule has 0 aliphatic rings. The highest BCUT2D eigenvalue weighted by molar-refractivity contribution is 7.25. The van der Waals surface area contributed by atoms with Crippen LogP contribution in [0.2, 0.25) is 0 Å².